The lowest BCUT2D eigenvalue weighted by Crippen LogP contribution is -2.38. The lowest BCUT2D eigenvalue weighted by Gasteiger charge is -2.36. The number of hydrogen-bond donors (Lipinski definition) is 0. The van der Waals surface area contributed by atoms with Gasteiger partial charge < -0.3 is 4.90 Å². The molecular formula is C13H19N. The molecule has 0 radical (unpaired) electrons. The summed E-state index contributed by atoms with van der Waals surface area (Å²) in [6, 6.07) is 0. The Labute approximate surface area is 86.8 Å². The molecule has 0 aromatic rings. The monoisotopic (exact) mass is 189 g/mol. The molecule has 1 saturated heterocycles. The molecule has 14 heavy (non-hydrogen) atoms. The van der Waals surface area contributed by atoms with Crippen molar-refractivity contribution in [3.63, 3.8) is 0 Å². The summed E-state index contributed by atoms with van der Waals surface area (Å²) >= 11 is 0. The first-order valence-electron chi connectivity index (χ1n) is 5.22. The maximum atomic E-state index is 4.21. The van der Waals surface area contributed by atoms with Gasteiger partial charge in [0.05, 0.1) is 5.54 Å². The fourth-order valence-electron chi connectivity index (χ4n) is 2.82. The Kier molecular flexibility index (Phi) is 1.73. The number of rotatable bonds is 0. The van der Waals surface area contributed by atoms with Crippen LogP contribution in [-0.2, 0) is 0 Å². The minimum Gasteiger partial charge on any atom is -0.368 e. The second-order valence-electron chi connectivity index (χ2n) is 5.12. The van der Waals surface area contributed by atoms with E-state index in [0.717, 1.165) is 6.42 Å². The molecule has 76 valence electrons. The van der Waals surface area contributed by atoms with E-state index in [2.05, 4.69) is 57.5 Å². The number of nitrogens with zero attached hydrogens (tertiary/aromatic N) is 1. The van der Waals surface area contributed by atoms with Gasteiger partial charge in [0.1, 0.15) is 0 Å². The summed E-state index contributed by atoms with van der Waals surface area (Å²) in [4.78, 5) is 2.34. The number of likely N-dealkylation sites (tertiary alicyclic amines) is 1. The first-order chi connectivity index (χ1) is 6.40. The largest absolute Gasteiger partial charge is 0.368 e. The van der Waals surface area contributed by atoms with E-state index >= 15 is 0 Å². The van der Waals surface area contributed by atoms with Gasteiger partial charge in [0.25, 0.3) is 0 Å². The van der Waals surface area contributed by atoms with Crippen LogP contribution in [0.15, 0.2) is 36.1 Å². The van der Waals surface area contributed by atoms with E-state index in [4.69, 9.17) is 0 Å². The highest BCUT2D eigenvalue weighted by molar-refractivity contribution is 5.45. The van der Waals surface area contributed by atoms with Crippen molar-refractivity contribution in [1.82, 2.24) is 4.90 Å². The lowest BCUT2D eigenvalue weighted by atomic mass is 9.74. The van der Waals surface area contributed by atoms with Gasteiger partial charge in [0.2, 0.25) is 0 Å². The summed E-state index contributed by atoms with van der Waals surface area (Å²) in [6.07, 6.45) is 7.77. The topological polar surface area (TPSA) is 3.24 Å². The van der Waals surface area contributed by atoms with Crippen molar-refractivity contribution < 1.29 is 0 Å². The van der Waals surface area contributed by atoms with Crippen molar-refractivity contribution in [2.75, 3.05) is 7.05 Å². The summed E-state index contributed by atoms with van der Waals surface area (Å²) in [5, 5.41) is 0. The molecule has 0 amide bonds. The van der Waals surface area contributed by atoms with E-state index in [-0.39, 0.29) is 11.0 Å². The fourth-order valence-corrected chi connectivity index (χ4v) is 2.82. The summed E-state index contributed by atoms with van der Waals surface area (Å²) in [5.74, 6) is 0. The summed E-state index contributed by atoms with van der Waals surface area (Å²) in [5.41, 5.74) is 3.01. The molecule has 1 fully saturated rings. The summed E-state index contributed by atoms with van der Waals surface area (Å²) < 4.78 is 0. The third-order valence-electron chi connectivity index (χ3n) is 4.03. The van der Waals surface area contributed by atoms with E-state index in [1.807, 2.05) is 0 Å². The van der Waals surface area contributed by atoms with E-state index < -0.39 is 0 Å². The highest BCUT2D eigenvalue weighted by atomic mass is 15.2. The van der Waals surface area contributed by atoms with Gasteiger partial charge in [-0.2, -0.15) is 0 Å². The Bertz CT molecular complexity index is 346. The van der Waals surface area contributed by atoms with Gasteiger partial charge in [-0.25, -0.2) is 0 Å². The number of allylic oxidation sites excluding steroid dienone is 3. The van der Waals surface area contributed by atoms with Crippen LogP contribution in [0.25, 0.3) is 0 Å². The first kappa shape index (κ1) is 9.57. The van der Waals surface area contributed by atoms with Crippen LogP contribution in [0.1, 0.15) is 27.2 Å². The minimum atomic E-state index is 0.119. The second-order valence-corrected chi connectivity index (χ2v) is 5.12. The van der Waals surface area contributed by atoms with Crippen molar-refractivity contribution in [1.29, 1.82) is 0 Å². The zero-order valence-corrected chi connectivity index (χ0v) is 9.59. The number of hydrogen-bond acceptors (Lipinski definition) is 1. The molecule has 0 aromatic heterocycles. The third kappa shape index (κ3) is 0.902. The molecule has 1 unspecified atom stereocenters. The predicted octanol–water partition coefficient (Wildman–Crippen LogP) is 3.12. The van der Waals surface area contributed by atoms with Crippen LogP contribution in [0, 0.1) is 5.41 Å². The van der Waals surface area contributed by atoms with Gasteiger partial charge in [0, 0.05) is 18.2 Å². The molecule has 0 saturated carbocycles. The zero-order valence-electron chi connectivity index (χ0n) is 9.59. The van der Waals surface area contributed by atoms with Crippen LogP contribution < -0.4 is 0 Å². The smallest absolute Gasteiger partial charge is 0.0626 e. The SMILES string of the molecule is C=C1N(C)C2(C)CC=CC=C2C1(C)C. The van der Waals surface area contributed by atoms with Gasteiger partial charge >= 0.3 is 0 Å². The highest BCUT2D eigenvalue weighted by Gasteiger charge is 2.50. The van der Waals surface area contributed by atoms with Gasteiger partial charge in [-0.1, -0.05) is 38.7 Å². The van der Waals surface area contributed by atoms with Gasteiger partial charge in [0.15, 0.2) is 0 Å². The first-order valence-corrected chi connectivity index (χ1v) is 5.22. The second kappa shape index (κ2) is 2.53. The molecule has 1 heterocycles. The molecule has 1 heteroatoms. The van der Waals surface area contributed by atoms with Crippen molar-refractivity contribution in [3.05, 3.63) is 36.1 Å². The van der Waals surface area contributed by atoms with E-state index in [1.54, 1.807) is 0 Å². The fraction of sp³-hybridized carbons (Fsp3) is 0.538. The van der Waals surface area contributed by atoms with Gasteiger partial charge in [-0.05, 0) is 18.9 Å². The third-order valence-corrected chi connectivity index (χ3v) is 4.03. The molecule has 1 aliphatic heterocycles. The summed E-state index contributed by atoms with van der Waals surface area (Å²) in [6.45, 7) is 11.1. The minimum absolute atomic E-state index is 0.119. The normalized spacial score (nSPS) is 34.4. The van der Waals surface area contributed by atoms with Crippen LogP contribution >= 0.6 is 0 Å². The standard InChI is InChI=1S/C13H19N/c1-10-12(2,3)11-8-6-7-9-13(11,4)14(10)5/h6-8H,1,9H2,2-5H3. The molecule has 1 atom stereocenters. The van der Waals surface area contributed by atoms with E-state index in [1.165, 1.54) is 11.3 Å². The van der Waals surface area contributed by atoms with Crippen LogP contribution in [0.3, 0.4) is 0 Å². The maximum Gasteiger partial charge on any atom is 0.0626 e. The Morgan fingerprint density at radius 1 is 1.36 bits per heavy atom. The van der Waals surface area contributed by atoms with Crippen LogP contribution in [0.4, 0.5) is 0 Å². The van der Waals surface area contributed by atoms with Crippen molar-refractivity contribution >= 4 is 0 Å². The summed E-state index contributed by atoms with van der Waals surface area (Å²) in [7, 11) is 2.16. The molecule has 2 aliphatic rings. The van der Waals surface area contributed by atoms with Crippen molar-refractivity contribution in [3.8, 4) is 0 Å². The molecule has 0 N–H and O–H groups in total. The van der Waals surface area contributed by atoms with Gasteiger partial charge in [-0.15, -0.1) is 0 Å². The molecule has 0 bridgehead atoms. The average molecular weight is 189 g/mol. The molecule has 2 rings (SSSR count). The Hall–Kier alpha value is -0.980. The lowest BCUT2D eigenvalue weighted by molar-refractivity contribution is 0.261. The Morgan fingerprint density at radius 3 is 2.57 bits per heavy atom. The number of likely N-dealkylation sites (N-methyl/N-ethyl adjacent to an activating group) is 1. The molecule has 1 aliphatic carbocycles. The predicted molar refractivity (Wildman–Crippen MR) is 60.9 cm³/mol. The number of fused-ring (bicyclic) bond motifs is 1. The van der Waals surface area contributed by atoms with E-state index in [9.17, 15) is 0 Å². The molecular weight excluding hydrogens is 170 g/mol. The maximum absolute atomic E-state index is 4.21. The van der Waals surface area contributed by atoms with Crippen molar-refractivity contribution in [2.45, 2.75) is 32.7 Å². The average Bonchev–Trinajstić information content (AvgIpc) is 2.27. The quantitative estimate of drug-likeness (QED) is 0.566. The molecule has 1 nitrogen and oxygen atoms in total. The van der Waals surface area contributed by atoms with E-state index in [0.29, 0.717) is 0 Å². The Balaban J connectivity index is 2.59. The van der Waals surface area contributed by atoms with Crippen LogP contribution in [0.2, 0.25) is 0 Å². The molecule has 0 aromatic carbocycles. The van der Waals surface area contributed by atoms with Crippen LogP contribution in [0.5, 0.6) is 0 Å². The highest BCUT2D eigenvalue weighted by Crippen LogP contribution is 2.54. The zero-order chi connectivity index (χ0) is 10.6. The van der Waals surface area contributed by atoms with Crippen LogP contribution in [-0.4, -0.2) is 17.5 Å². The van der Waals surface area contributed by atoms with Gasteiger partial charge in [-0.3, -0.25) is 0 Å². The van der Waals surface area contributed by atoms with Crippen molar-refractivity contribution in [2.24, 2.45) is 5.41 Å². The molecule has 0 spiro atoms. The Morgan fingerprint density at radius 2 is 2.00 bits per heavy atom.